The molecular formula is C42H85N5O10. The number of carbonyl (C=O) groups is 9. The molecule has 3 fully saturated rings. The molecule has 0 bridgehead atoms. The van der Waals surface area contributed by atoms with Gasteiger partial charge in [-0.15, -0.1) is 0 Å². The van der Waals surface area contributed by atoms with Gasteiger partial charge >= 0.3 is 5.97 Å². The van der Waals surface area contributed by atoms with Crippen molar-refractivity contribution in [3.8, 4) is 0 Å². The first-order valence-corrected chi connectivity index (χ1v) is 21.6. The van der Waals surface area contributed by atoms with Crippen LogP contribution in [0.25, 0.3) is 0 Å². The Bertz CT molecular complexity index is 997. The average Bonchev–Trinajstić information content (AvgIpc) is 3.86. The largest absolute Gasteiger partial charge is 0.464 e. The van der Waals surface area contributed by atoms with Crippen LogP contribution >= 0.6 is 0 Å². The van der Waals surface area contributed by atoms with Crippen molar-refractivity contribution in [2.75, 3.05) is 39.3 Å². The molecule has 0 aromatic rings. The van der Waals surface area contributed by atoms with Gasteiger partial charge in [0.05, 0.1) is 6.54 Å². The molecule has 0 aromatic carbocycles. The fourth-order valence-corrected chi connectivity index (χ4v) is 4.04. The summed E-state index contributed by atoms with van der Waals surface area (Å²) in [6.07, 6.45) is 2.63. The summed E-state index contributed by atoms with van der Waals surface area (Å²) in [5, 5.41) is 5.23. The lowest BCUT2D eigenvalue weighted by atomic mass is 10.1. The molecule has 1 unspecified atom stereocenters. The lowest BCUT2D eigenvalue weighted by Gasteiger charge is -2.13. The Labute approximate surface area is 347 Å². The molecule has 15 heteroatoms. The minimum Gasteiger partial charge on any atom is -0.464 e. The van der Waals surface area contributed by atoms with Gasteiger partial charge in [-0.05, 0) is 0 Å². The van der Waals surface area contributed by atoms with E-state index < -0.39 is 0 Å². The normalized spacial score (nSPS) is 14.2. The number of rotatable bonds is 12. The van der Waals surface area contributed by atoms with Crippen LogP contribution in [0.3, 0.4) is 0 Å². The highest BCUT2D eigenvalue weighted by Crippen LogP contribution is 2.18. The van der Waals surface area contributed by atoms with Gasteiger partial charge in [0.1, 0.15) is 6.61 Å². The average molecular weight is 820 g/mol. The van der Waals surface area contributed by atoms with Crippen LogP contribution in [0.5, 0.6) is 0 Å². The Kier molecular flexibility index (Phi) is 59.1. The molecule has 338 valence electrons. The van der Waals surface area contributed by atoms with Crippen molar-refractivity contribution in [2.45, 2.75) is 176 Å². The van der Waals surface area contributed by atoms with E-state index in [9.17, 15) is 43.2 Å². The van der Waals surface area contributed by atoms with Crippen LogP contribution in [0.2, 0.25) is 0 Å². The smallest absolute Gasteiger partial charge is 0.305 e. The van der Waals surface area contributed by atoms with Crippen molar-refractivity contribution in [3.63, 3.8) is 0 Å². The summed E-state index contributed by atoms with van der Waals surface area (Å²) in [6, 6.07) is 0. The molecule has 3 aliphatic heterocycles. The Morgan fingerprint density at radius 1 is 0.509 bits per heavy atom. The van der Waals surface area contributed by atoms with Crippen LogP contribution in [0, 0.1) is 5.92 Å². The summed E-state index contributed by atoms with van der Waals surface area (Å²) in [5.41, 5.74) is 0. The van der Waals surface area contributed by atoms with Gasteiger partial charge in [0.2, 0.25) is 47.3 Å². The Morgan fingerprint density at radius 3 is 1.07 bits per heavy atom. The molecule has 0 radical (unpaired) electrons. The summed E-state index contributed by atoms with van der Waals surface area (Å²) < 4.78 is 4.80. The van der Waals surface area contributed by atoms with E-state index in [2.05, 4.69) is 10.6 Å². The van der Waals surface area contributed by atoms with E-state index in [0.717, 1.165) is 4.90 Å². The second-order valence-electron chi connectivity index (χ2n) is 9.85. The first kappa shape index (κ1) is 67.6. The van der Waals surface area contributed by atoms with Gasteiger partial charge in [-0.1, -0.05) is 125 Å². The lowest BCUT2D eigenvalue weighted by Crippen LogP contribution is -2.37. The number of likely N-dealkylation sites (tertiary alicyclic amines) is 3. The Balaban J connectivity index is -0.000000114. The summed E-state index contributed by atoms with van der Waals surface area (Å²) in [6.45, 7) is 36.5. The molecule has 3 aliphatic rings. The monoisotopic (exact) mass is 820 g/mol. The third-order valence-electron chi connectivity index (χ3n) is 6.60. The van der Waals surface area contributed by atoms with Crippen molar-refractivity contribution in [3.05, 3.63) is 0 Å². The van der Waals surface area contributed by atoms with E-state index in [1.165, 1.54) is 9.80 Å². The number of hydrogen-bond donors (Lipinski definition) is 2. The molecule has 0 aliphatic carbocycles. The van der Waals surface area contributed by atoms with Crippen molar-refractivity contribution >= 4 is 53.2 Å². The summed E-state index contributed by atoms with van der Waals surface area (Å²) >= 11 is 0. The first-order valence-electron chi connectivity index (χ1n) is 21.6. The number of imide groups is 3. The van der Waals surface area contributed by atoms with E-state index in [0.29, 0.717) is 71.1 Å². The van der Waals surface area contributed by atoms with Crippen molar-refractivity contribution in [1.82, 2.24) is 25.3 Å². The van der Waals surface area contributed by atoms with E-state index in [-0.39, 0.29) is 78.7 Å². The molecule has 3 heterocycles. The molecule has 0 saturated carbocycles. The van der Waals surface area contributed by atoms with Crippen LogP contribution in [0.1, 0.15) is 176 Å². The molecule has 1 atom stereocenters. The maximum absolute atomic E-state index is 11.4. The highest BCUT2D eigenvalue weighted by atomic mass is 16.5. The van der Waals surface area contributed by atoms with Gasteiger partial charge in [0, 0.05) is 83.5 Å². The number of nitrogens with zero attached hydrogens (tertiary/aromatic N) is 3. The Morgan fingerprint density at radius 2 is 0.825 bits per heavy atom. The number of ether oxygens (including phenoxy) is 1. The fraction of sp³-hybridized carbons (Fsp3) is 0.786. The van der Waals surface area contributed by atoms with E-state index >= 15 is 0 Å². The third-order valence-corrected chi connectivity index (χ3v) is 6.60. The molecule has 3 rings (SSSR count). The fourth-order valence-electron chi connectivity index (χ4n) is 4.04. The van der Waals surface area contributed by atoms with Gasteiger partial charge in [-0.25, -0.2) is 0 Å². The zero-order valence-electron chi connectivity index (χ0n) is 39.4. The Hall–Kier alpha value is -4.17. The number of esters is 1. The number of nitrogens with one attached hydrogen (secondary N) is 2. The first-order chi connectivity index (χ1) is 27.4. The number of carbonyl (C=O) groups excluding carboxylic acids is 9. The molecule has 0 spiro atoms. The topological polar surface area (TPSA) is 197 Å². The zero-order chi connectivity index (χ0) is 46.5. The molecule has 8 amide bonds. The SMILES string of the molecule is CC.CC.CC.CC.CC.CC.CC.CCC(=O)NCCN1C(=O)CCC1=O.CCC(=O)NCCN1C(=O)CCC1=O.CCC(=O)OCCN1C(=O)CC(C)C1=O. The molecule has 15 nitrogen and oxygen atoms in total. The van der Waals surface area contributed by atoms with Gasteiger partial charge < -0.3 is 15.4 Å². The van der Waals surface area contributed by atoms with Crippen molar-refractivity contribution < 1.29 is 47.9 Å². The van der Waals surface area contributed by atoms with E-state index in [1.54, 1.807) is 27.7 Å². The van der Waals surface area contributed by atoms with Gasteiger partial charge in [0.15, 0.2) is 0 Å². The summed E-state index contributed by atoms with van der Waals surface area (Å²) in [7, 11) is 0. The number of amides is 8. The van der Waals surface area contributed by atoms with E-state index in [4.69, 9.17) is 4.74 Å². The van der Waals surface area contributed by atoms with Crippen LogP contribution in [0.4, 0.5) is 0 Å². The lowest BCUT2D eigenvalue weighted by molar-refractivity contribution is -0.148. The summed E-state index contributed by atoms with van der Waals surface area (Å²) in [5.74, 6) is -1.59. The zero-order valence-corrected chi connectivity index (χ0v) is 39.4. The highest BCUT2D eigenvalue weighted by molar-refractivity contribution is 6.03. The van der Waals surface area contributed by atoms with Crippen LogP contribution in [0.15, 0.2) is 0 Å². The predicted octanol–water partition coefficient (Wildman–Crippen LogP) is 6.84. The molecule has 3 saturated heterocycles. The maximum Gasteiger partial charge on any atom is 0.305 e. The van der Waals surface area contributed by atoms with Gasteiger partial charge in [-0.2, -0.15) is 0 Å². The summed E-state index contributed by atoms with van der Waals surface area (Å²) in [4.78, 5) is 103. The third kappa shape index (κ3) is 33.7. The predicted molar refractivity (Wildman–Crippen MR) is 230 cm³/mol. The van der Waals surface area contributed by atoms with E-state index in [1.807, 2.05) is 96.9 Å². The molecule has 0 aromatic heterocycles. The van der Waals surface area contributed by atoms with Gasteiger partial charge in [-0.3, -0.25) is 57.9 Å². The van der Waals surface area contributed by atoms with Gasteiger partial charge in [0.25, 0.3) is 0 Å². The maximum atomic E-state index is 11.4. The highest BCUT2D eigenvalue weighted by Gasteiger charge is 2.35. The van der Waals surface area contributed by atoms with Crippen LogP contribution in [-0.2, 0) is 47.9 Å². The van der Waals surface area contributed by atoms with Crippen LogP contribution < -0.4 is 10.6 Å². The number of hydrogen-bond acceptors (Lipinski definition) is 10. The minimum atomic E-state index is -0.317. The van der Waals surface area contributed by atoms with Crippen LogP contribution in [-0.4, -0.2) is 107 Å². The minimum absolute atomic E-state index is 0.0657. The quantitative estimate of drug-likeness (QED) is 0.155. The molecule has 2 N–H and O–H groups in total. The molecule has 57 heavy (non-hydrogen) atoms. The standard InChI is InChI=1S/C10H15NO4.2C9H14N2O3.7C2H6/c1-3-9(13)15-5-4-11-8(12)6-7(2)10(11)14;2*1-2-7(12)10-5-6-11-8(13)3-4-9(11)14;7*1-2/h7H,3-6H2,1-2H3;2*2-6H2,1H3,(H,10,12);7*1-2H3. The van der Waals surface area contributed by atoms with Crippen molar-refractivity contribution in [2.24, 2.45) is 5.92 Å². The van der Waals surface area contributed by atoms with Crippen molar-refractivity contribution in [1.29, 1.82) is 0 Å². The molecular weight excluding hydrogens is 734 g/mol. The second kappa shape index (κ2) is 49.8. The second-order valence-corrected chi connectivity index (χ2v) is 9.85.